The fourth-order valence-electron chi connectivity index (χ4n) is 1.34. The third-order valence-corrected chi connectivity index (χ3v) is 2.09. The van der Waals surface area contributed by atoms with Crippen LogP contribution in [0.4, 0.5) is 0 Å². The molecule has 0 saturated heterocycles. The maximum Gasteiger partial charge on any atom is 0.00670 e. The summed E-state index contributed by atoms with van der Waals surface area (Å²) in [5.41, 5.74) is 4.48. The Kier molecular flexibility index (Phi) is 0.774. The molecule has 46 valence electrons. The maximum absolute atomic E-state index is 2.28. The quantitative estimate of drug-likeness (QED) is 0.491. The number of hydrogen-bond donors (Lipinski definition) is 0. The first-order valence-electron chi connectivity index (χ1n) is 3.39. The van der Waals surface area contributed by atoms with Crippen LogP contribution in [0.3, 0.4) is 0 Å². The van der Waals surface area contributed by atoms with Gasteiger partial charge in [0, 0.05) is 5.92 Å². The molecule has 0 radical (unpaired) electrons. The van der Waals surface area contributed by atoms with Crippen LogP contribution < -0.4 is 0 Å². The van der Waals surface area contributed by atoms with Gasteiger partial charge in [-0.05, 0) is 18.1 Å². The standard InChI is InChI=1S/C9H10/c1-6-3-4-8-7(2)9(8)5-6/h3-5,7H,1-2H3. The molecule has 0 amide bonds. The molecule has 1 aromatic carbocycles. The first-order valence-corrected chi connectivity index (χ1v) is 3.39. The minimum Gasteiger partial charge on any atom is -0.0590 e. The van der Waals surface area contributed by atoms with E-state index in [0.717, 1.165) is 5.92 Å². The predicted molar refractivity (Wildman–Crippen MR) is 38.7 cm³/mol. The van der Waals surface area contributed by atoms with Gasteiger partial charge in [-0.25, -0.2) is 0 Å². The molecule has 1 aromatic rings. The van der Waals surface area contributed by atoms with Gasteiger partial charge in [0.15, 0.2) is 0 Å². The molecular formula is C9H10. The van der Waals surface area contributed by atoms with Crippen LogP contribution in [0.1, 0.15) is 29.5 Å². The Hall–Kier alpha value is -0.780. The lowest BCUT2D eigenvalue weighted by atomic mass is 10.2. The molecule has 0 aliphatic heterocycles. The van der Waals surface area contributed by atoms with Crippen LogP contribution in [0, 0.1) is 6.92 Å². The van der Waals surface area contributed by atoms with E-state index in [2.05, 4.69) is 32.0 Å². The fourth-order valence-corrected chi connectivity index (χ4v) is 1.34. The lowest BCUT2D eigenvalue weighted by molar-refractivity contribution is 1.14. The molecule has 0 nitrogen and oxygen atoms in total. The zero-order valence-corrected chi connectivity index (χ0v) is 5.81. The highest BCUT2D eigenvalue weighted by Crippen LogP contribution is 2.42. The summed E-state index contributed by atoms with van der Waals surface area (Å²) in [5, 5.41) is 0. The number of benzene rings is 1. The molecule has 0 bridgehead atoms. The predicted octanol–water partition coefficient (Wildman–Crippen LogP) is 2.46. The van der Waals surface area contributed by atoms with Crippen molar-refractivity contribution in [1.29, 1.82) is 0 Å². The van der Waals surface area contributed by atoms with Crippen LogP contribution >= 0.6 is 0 Å². The fraction of sp³-hybridized carbons (Fsp3) is 0.333. The largest absolute Gasteiger partial charge is 0.0590 e. The van der Waals surface area contributed by atoms with Crippen LogP contribution in [0.5, 0.6) is 0 Å². The van der Waals surface area contributed by atoms with E-state index in [0.29, 0.717) is 0 Å². The van der Waals surface area contributed by atoms with Gasteiger partial charge in [-0.3, -0.25) is 0 Å². The number of rotatable bonds is 0. The topological polar surface area (TPSA) is 0 Å². The minimum absolute atomic E-state index is 0.763. The van der Waals surface area contributed by atoms with Crippen molar-refractivity contribution in [1.82, 2.24) is 0 Å². The Morgan fingerprint density at radius 2 is 2.00 bits per heavy atom. The second-order valence-electron chi connectivity index (χ2n) is 2.85. The molecule has 0 N–H and O–H groups in total. The van der Waals surface area contributed by atoms with E-state index in [1.54, 1.807) is 11.1 Å². The SMILES string of the molecule is Cc1ccc2c(c1)C2C. The van der Waals surface area contributed by atoms with E-state index >= 15 is 0 Å². The van der Waals surface area contributed by atoms with Crippen molar-refractivity contribution in [2.24, 2.45) is 0 Å². The highest BCUT2D eigenvalue weighted by molar-refractivity contribution is 5.52. The minimum atomic E-state index is 0.763. The van der Waals surface area contributed by atoms with Crippen molar-refractivity contribution in [3.05, 3.63) is 34.9 Å². The second kappa shape index (κ2) is 1.38. The van der Waals surface area contributed by atoms with E-state index in [9.17, 15) is 0 Å². The highest BCUT2D eigenvalue weighted by atomic mass is 14.3. The van der Waals surface area contributed by atoms with E-state index in [1.807, 2.05) is 0 Å². The molecule has 2 rings (SSSR count). The van der Waals surface area contributed by atoms with Gasteiger partial charge in [-0.1, -0.05) is 30.7 Å². The van der Waals surface area contributed by atoms with Crippen molar-refractivity contribution in [2.75, 3.05) is 0 Å². The van der Waals surface area contributed by atoms with Crippen LogP contribution in [-0.4, -0.2) is 0 Å². The monoisotopic (exact) mass is 118 g/mol. The molecule has 0 heteroatoms. The molecule has 1 unspecified atom stereocenters. The lowest BCUT2D eigenvalue weighted by Crippen LogP contribution is -1.63. The Morgan fingerprint density at radius 3 is 2.56 bits per heavy atom. The molecule has 1 aliphatic rings. The average molecular weight is 118 g/mol. The Morgan fingerprint density at radius 1 is 1.22 bits per heavy atom. The van der Waals surface area contributed by atoms with Crippen molar-refractivity contribution in [3.63, 3.8) is 0 Å². The van der Waals surface area contributed by atoms with E-state index < -0.39 is 0 Å². The zero-order valence-electron chi connectivity index (χ0n) is 5.81. The number of aryl methyl sites for hydroxylation is 1. The van der Waals surface area contributed by atoms with Crippen LogP contribution in [0.15, 0.2) is 18.2 Å². The zero-order chi connectivity index (χ0) is 6.43. The summed E-state index contributed by atoms with van der Waals surface area (Å²) in [5.74, 6) is 0.763. The first kappa shape index (κ1) is 5.04. The van der Waals surface area contributed by atoms with E-state index in [-0.39, 0.29) is 0 Å². The molecule has 0 spiro atoms. The van der Waals surface area contributed by atoms with Gasteiger partial charge in [0.1, 0.15) is 0 Å². The summed E-state index contributed by atoms with van der Waals surface area (Å²) in [6, 6.07) is 6.69. The highest BCUT2D eigenvalue weighted by Gasteiger charge is 2.26. The molecule has 0 saturated carbocycles. The molecule has 0 fully saturated rings. The molecule has 1 aliphatic carbocycles. The summed E-state index contributed by atoms with van der Waals surface area (Å²) in [7, 11) is 0. The van der Waals surface area contributed by atoms with Crippen LogP contribution in [0.25, 0.3) is 0 Å². The molecule has 0 aromatic heterocycles. The summed E-state index contributed by atoms with van der Waals surface area (Å²) in [6.45, 7) is 4.40. The smallest absolute Gasteiger partial charge is 0.00670 e. The van der Waals surface area contributed by atoms with Crippen LogP contribution in [-0.2, 0) is 0 Å². The number of hydrogen-bond acceptors (Lipinski definition) is 0. The maximum atomic E-state index is 2.28. The van der Waals surface area contributed by atoms with Crippen molar-refractivity contribution in [3.8, 4) is 0 Å². The van der Waals surface area contributed by atoms with E-state index in [1.165, 1.54) is 5.56 Å². The van der Waals surface area contributed by atoms with Gasteiger partial charge in [0.05, 0.1) is 0 Å². The molecule has 0 heterocycles. The third kappa shape index (κ3) is 0.593. The number of fused-ring (bicyclic) bond motifs is 1. The van der Waals surface area contributed by atoms with Gasteiger partial charge in [0.25, 0.3) is 0 Å². The Balaban J connectivity index is 2.54. The van der Waals surface area contributed by atoms with Crippen molar-refractivity contribution >= 4 is 0 Å². The summed E-state index contributed by atoms with van der Waals surface area (Å²) >= 11 is 0. The lowest BCUT2D eigenvalue weighted by Gasteiger charge is -1.82. The molecule has 1 atom stereocenters. The van der Waals surface area contributed by atoms with Crippen LogP contribution in [0.2, 0.25) is 0 Å². The van der Waals surface area contributed by atoms with Gasteiger partial charge in [0.2, 0.25) is 0 Å². The normalized spacial score (nSPS) is 21.3. The van der Waals surface area contributed by atoms with Gasteiger partial charge in [-0.2, -0.15) is 0 Å². The van der Waals surface area contributed by atoms with Gasteiger partial charge < -0.3 is 0 Å². The van der Waals surface area contributed by atoms with Crippen molar-refractivity contribution in [2.45, 2.75) is 19.8 Å². The van der Waals surface area contributed by atoms with Gasteiger partial charge in [-0.15, -0.1) is 0 Å². The van der Waals surface area contributed by atoms with E-state index in [4.69, 9.17) is 0 Å². The summed E-state index contributed by atoms with van der Waals surface area (Å²) in [6.07, 6.45) is 0. The third-order valence-electron chi connectivity index (χ3n) is 2.09. The first-order chi connectivity index (χ1) is 4.29. The second-order valence-corrected chi connectivity index (χ2v) is 2.85. The van der Waals surface area contributed by atoms with Crippen molar-refractivity contribution < 1.29 is 0 Å². The Labute approximate surface area is 55.5 Å². The summed E-state index contributed by atoms with van der Waals surface area (Å²) in [4.78, 5) is 0. The molecular weight excluding hydrogens is 108 g/mol. The average Bonchev–Trinajstić information content (AvgIpc) is 2.43. The Bertz CT molecular complexity index is 248. The van der Waals surface area contributed by atoms with Gasteiger partial charge >= 0.3 is 0 Å². The summed E-state index contributed by atoms with van der Waals surface area (Å²) < 4.78 is 0. The molecule has 9 heavy (non-hydrogen) atoms.